The first kappa shape index (κ1) is 19.6. The molecule has 1 aliphatic rings. The van der Waals surface area contributed by atoms with Gasteiger partial charge in [-0.1, -0.05) is 12.1 Å². The maximum Gasteiger partial charge on any atom is 0.412 e. The van der Waals surface area contributed by atoms with Gasteiger partial charge in [-0.3, -0.25) is 5.32 Å². The summed E-state index contributed by atoms with van der Waals surface area (Å²) >= 11 is 0. The van der Waals surface area contributed by atoms with Crippen molar-refractivity contribution in [3.05, 3.63) is 29.8 Å². The number of ether oxygens (including phenoxy) is 2. The monoisotopic (exact) mass is 363 g/mol. The summed E-state index contributed by atoms with van der Waals surface area (Å²) in [5, 5.41) is 2.56. The lowest BCUT2D eigenvalue weighted by atomic mass is 10.1. The Labute approximate surface area is 152 Å². The van der Waals surface area contributed by atoms with E-state index in [1.807, 2.05) is 0 Å². The fraction of sp³-hybridized carbons (Fsp3) is 0.500. The number of para-hydroxylation sites is 1. The number of nitrogens with zero attached hydrogens (tertiary/aromatic N) is 1. The highest BCUT2D eigenvalue weighted by Crippen LogP contribution is 2.20. The molecule has 1 saturated heterocycles. The number of nitrogens with one attached hydrogen (secondary N) is 1. The number of esters is 1. The molecule has 8 nitrogen and oxygen atoms in total. The minimum atomic E-state index is -0.659. The van der Waals surface area contributed by atoms with Crippen molar-refractivity contribution in [1.82, 2.24) is 4.90 Å². The second-order valence-electron chi connectivity index (χ2n) is 7.10. The molecule has 1 aromatic rings. The highest BCUT2D eigenvalue weighted by Gasteiger charge is 2.29. The zero-order chi connectivity index (χ0) is 19.3. The van der Waals surface area contributed by atoms with E-state index in [4.69, 9.17) is 15.2 Å². The lowest BCUT2D eigenvalue weighted by Gasteiger charge is -2.22. The zero-order valence-electron chi connectivity index (χ0n) is 15.3. The smallest absolute Gasteiger partial charge is 0.412 e. The number of carbonyl (C=O) groups is 3. The quantitative estimate of drug-likeness (QED) is 0.799. The number of hydrogen-bond donors (Lipinski definition) is 2. The Balaban J connectivity index is 2.01. The molecule has 1 aliphatic heterocycles. The van der Waals surface area contributed by atoms with Crippen LogP contribution in [0.15, 0.2) is 24.3 Å². The predicted molar refractivity (Wildman–Crippen MR) is 95.9 cm³/mol. The average molecular weight is 363 g/mol. The first-order valence-corrected chi connectivity index (χ1v) is 8.49. The number of anilines is 1. The Morgan fingerprint density at radius 1 is 1.27 bits per heavy atom. The number of benzene rings is 1. The molecule has 3 amide bonds. The molecular weight excluding hydrogens is 338 g/mol. The number of urea groups is 1. The molecule has 1 heterocycles. The largest absolute Gasteiger partial charge is 0.460 e. The summed E-state index contributed by atoms with van der Waals surface area (Å²) in [4.78, 5) is 37.2. The third-order valence-electron chi connectivity index (χ3n) is 3.85. The van der Waals surface area contributed by atoms with Crippen LogP contribution >= 0.6 is 0 Å². The number of hydrogen-bond acceptors (Lipinski definition) is 5. The van der Waals surface area contributed by atoms with Crippen molar-refractivity contribution < 1.29 is 23.9 Å². The average Bonchev–Trinajstić information content (AvgIpc) is 3.00. The molecular formula is C18H25N3O5. The minimum Gasteiger partial charge on any atom is -0.460 e. The van der Waals surface area contributed by atoms with E-state index in [0.29, 0.717) is 12.2 Å². The van der Waals surface area contributed by atoms with E-state index in [1.165, 1.54) is 4.90 Å². The molecule has 0 radical (unpaired) electrons. The van der Waals surface area contributed by atoms with Gasteiger partial charge in [0.05, 0.1) is 17.3 Å². The minimum absolute atomic E-state index is 0.0581. The van der Waals surface area contributed by atoms with Gasteiger partial charge in [0, 0.05) is 6.54 Å². The number of rotatable bonds is 4. The van der Waals surface area contributed by atoms with E-state index >= 15 is 0 Å². The van der Waals surface area contributed by atoms with Crippen molar-refractivity contribution in [2.24, 2.45) is 5.73 Å². The highest BCUT2D eigenvalue weighted by molar-refractivity contribution is 5.99. The summed E-state index contributed by atoms with van der Waals surface area (Å²) in [5.74, 6) is -0.590. The zero-order valence-corrected chi connectivity index (χ0v) is 15.3. The number of amides is 3. The van der Waals surface area contributed by atoms with Gasteiger partial charge in [0.1, 0.15) is 12.2 Å². The van der Waals surface area contributed by atoms with E-state index in [0.717, 1.165) is 12.8 Å². The van der Waals surface area contributed by atoms with Gasteiger partial charge in [0.25, 0.3) is 0 Å². The Bertz CT molecular complexity index is 684. The van der Waals surface area contributed by atoms with Crippen LogP contribution in [-0.4, -0.2) is 47.8 Å². The fourth-order valence-electron chi connectivity index (χ4n) is 2.73. The molecule has 8 heteroatoms. The SMILES string of the molecule is CC(C)(C)OC(=O)Nc1ccccc1C(=O)OC[C@@H]1CCCN1C(N)=O. The highest BCUT2D eigenvalue weighted by atomic mass is 16.6. The maximum absolute atomic E-state index is 12.4. The first-order chi connectivity index (χ1) is 12.2. The second kappa shape index (κ2) is 8.07. The molecule has 0 spiro atoms. The molecule has 0 saturated carbocycles. The third-order valence-corrected chi connectivity index (χ3v) is 3.85. The van der Waals surface area contributed by atoms with Gasteiger partial charge in [-0.25, -0.2) is 14.4 Å². The molecule has 1 aromatic carbocycles. The van der Waals surface area contributed by atoms with E-state index in [9.17, 15) is 14.4 Å². The summed E-state index contributed by atoms with van der Waals surface area (Å²) in [7, 11) is 0. The molecule has 0 aromatic heterocycles. The maximum atomic E-state index is 12.4. The van der Waals surface area contributed by atoms with Crippen molar-refractivity contribution in [2.75, 3.05) is 18.5 Å². The Kier molecular flexibility index (Phi) is 6.07. The van der Waals surface area contributed by atoms with Crippen LogP contribution in [-0.2, 0) is 9.47 Å². The molecule has 2 rings (SSSR count). The van der Waals surface area contributed by atoms with Crippen LogP contribution in [0.5, 0.6) is 0 Å². The normalized spacial score (nSPS) is 16.9. The van der Waals surface area contributed by atoms with Gasteiger partial charge in [-0.05, 0) is 45.7 Å². The van der Waals surface area contributed by atoms with Gasteiger partial charge in [-0.2, -0.15) is 0 Å². The molecule has 142 valence electrons. The van der Waals surface area contributed by atoms with E-state index in [1.54, 1.807) is 45.0 Å². The van der Waals surface area contributed by atoms with Crippen LogP contribution in [0.4, 0.5) is 15.3 Å². The lowest BCUT2D eigenvalue weighted by molar-refractivity contribution is 0.0423. The van der Waals surface area contributed by atoms with Gasteiger partial charge in [0.2, 0.25) is 0 Å². The number of carbonyl (C=O) groups excluding carboxylic acids is 3. The predicted octanol–water partition coefficient (Wildman–Crippen LogP) is 2.73. The van der Waals surface area contributed by atoms with Crippen LogP contribution in [0, 0.1) is 0 Å². The molecule has 0 unspecified atom stereocenters. The summed E-state index contributed by atoms with van der Waals surface area (Å²) in [6, 6.07) is 5.76. The van der Waals surface area contributed by atoms with E-state index < -0.39 is 23.7 Å². The van der Waals surface area contributed by atoms with Crippen LogP contribution in [0.2, 0.25) is 0 Å². The molecule has 26 heavy (non-hydrogen) atoms. The second-order valence-corrected chi connectivity index (χ2v) is 7.10. The Morgan fingerprint density at radius 3 is 2.62 bits per heavy atom. The summed E-state index contributed by atoms with van der Waals surface area (Å²) in [6.45, 7) is 5.87. The molecule has 1 fully saturated rings. The van der Waals surface area contributed by atoms with E-state index in [-0.39, 0.29) is 18.2 Å². The molecule has 1 atom stereocenters. The number of nitrogens with two attached hydrogens (primary N) is 1. The summed E-state index contributed by atoms with van der Waals surface area (Å²) in [6.07, 6.45) is 0.893. The Morgan fingerprint density at radius 2 is 1.96 bits per heavy atom. The van der Waals surface area contributed by atoms with Gasteiger partial charge < -0.3 is 20.1 Å². The van der Waals surface area contributed by atoms with Crippen molar-refractivity contribution in [3.63, 3.8) is 0 Å². The molecule has 3 N–H and O–H groups in total. The van der Waals surface area contributed by atoms with Crippen molar-refractivity contribution >= 4 is 23.8 Å². The van der Waals surface area contributed by atoms with Gasteiger partial charge >= 0.3 is 18.1 Å². The van der Waals surface area contributed by atoms with Gasteiger partial charge in [-0.15, -0.1) is 0 Å². The van der Waals surface area contributed by atoms with Crippen molar-refractivity contribution in [1.29, 1.82) is 0 Å². The van der Waals surface area contributed by atoms with Crippen molar-refractivity contribution in [2.45, 2.75) is 45.3 Å². The first-order valence-electron chi connectivity index (χ1n) is 8.49. The van der Waals surface area contributed by atoms with Crippen LogP contribution < -0.4 is 11.1 Å². The molecule has 0 bridgehead atoms. The standard InChI is InChI=1S/C18H25N3O5/c1-18(2,3)26-17(24)20-14-9-5-4-8-13(14)15(22)25-11-12-7-6-10-21(12)16(19)23/h4-5,8-9,12H,6-7,10-11H2,1-3H3,(H2,19,23)(H,20,24)/t12-/m0/s1. The van der Waals surface area contributed by atoms with E-state index in [2.05, 4.69) is 5.32 Å². The van der Waals surface area contributed by atoms with Crippen LogP contribution in [0.25, 0.3) is 0 Å². The van der Waals surface area contributed by atoms with Gasteiger partial charge in [0.15, 0.2) is 0 Å². The van der Waals surface area contributed by atoms with Crippen LogP contribution in [0.3, 0.4) is 0 Å². The summed E-state index contributed by atoms with van der Waals surface area (Å²) in [5.41, 5.74) is 5.17. The van der Waals surface area contributed by atoms with Crippen LogP contribution in [0.1, 0.15) is 44.0 Å². The number of likely N-dealkylation sites (tertiary alicyclic amines) is 1. The lowest BCUT2D eigenvalue weighted by Crippen LogP contribution is -2.42. The Hall–Kier alpha value is -2.77. The topological polar surface area (TPSA) is 111 Å². The van der Waals surface area contributed by atoms with Crippen molar-refractivity contribution in [3.8, 4) is 0 Å². The third kappa shape index (κ3) is 5.37. The summed E-state index contributed by atoms with van der Waals surface area (Å²) < 4.78 is 10.5. The molecule has 0 aliphatic carbocycles. The number of primary amides is 1. The fourth-order valence-corrected chi connectivity index (χ4v) is 2.73.